The molecular weight excluding hydrogens is 316 g/mol. The van der Waals surface area contributed by atoms with Crippen LogP contribution in [0, 0.1) is 0 Å². The van der Waals surface area contributed by atoms with Crippen molar-refractivity contribution in [3.63, 3.8) is 0 Å². The van der Waals surface area contributed by atoms with Crippen LogP contribution in [0.3, 0.4) is 0 Å². The Kier molecular flexibility index (Phi) is 7.14. The summed E-state index contributed by atoms with van der Waals surface area (Å²) in [5.41, 5.74) is 3.12. The Morgan fingerprint density at radius 3 is 1.92 bits per heavy atom. The number of allylic oxidation sites excluding steroid dienone is 2. The van der Waals surface area contributed by atoms with Crippen molar-refractivity contribution >= 4 is 11.5 Å². The molecule has 2 atom stereocenters. The molecule has 0 aliphatic rings. The monoisotopic (exact) mass is 338 g/mol. The Hall–Kier alpha value is -2.69. The Labute approximate surface area is 147 Å². The number of rotatable bonds is 8. The van der Waals surface area contributed by atoms with E-state index in [1.165, 1.54) is 0 Å². The second kappa shape index (κ2) is 9.57. The number of aliphatic hydroxyl groups is 2. The smallest absolute Gasteiger partial charge is 0.305 e. The molecule has 0 bridgehead atoms. The standard InChI is InChI=1S/C21H22O4/c22-18(14-19(23)15-21(24)25)12-7-13-20(16-8-3-1-4-9-16)17-10-5-2-6-11-17/h1-13,18-19,22-23H,14-15H2,(H,24,25)/t18-,19-/m1/s1. The van der Waals surface area contributed by atoms with Crippen molar-refractivity contribution in [2.75, 3.05) is 0 Å². The van der Waals surface area contributed by atoms with E-state index in [-0.39, 0.29) is 12.8 Å². The first-order valence-corrected chi connectivity index (χ1v) is 8.13. The van der Waals surface area contributed by atoms with Crippen LogP contribution in [0.5, 0.6) is 0 Å². The fourth-order valence-corrected chi connectivity index (χ4v) is 2.52. The molecule has 0 amide bonds. The lowest BCUT2D eigenvalue weighted by Gasteiger charge is -2.10. The first kappa shape index (κ1) is 18.6. The average molecular weight is 338 g/mol. The molecule has 0 saturated heterocycles. The second-order valence-electron chi connectivity index (χ2n) is 5.75. The summed E-state index contributed by atoms with van der Waals surface area (Å²) < 4.78 is 0. The fourth-order valence-electron chi connectivity index (χ4n) is 2.52. The van der Waals surface area contributed by atoms with Crippen molar-refractivity contribution in [3.05, 3.63) is 90.0 Å². The van der Waals surface area contributed by atoms with Crippen molar-refractivity contribution in [1.29, 1.82) is 0 Å². The minimum atomic E-state index is -1.08. The summed E-state index contributed by atoms with van der Waals surface area (Å²) in [5, 5.41) is 28.1. The molecule has 2 aromatic rings. The van der Waals surface area contributed by atoms with Crippen molar-refractivity contribution in [2.45, 2.75) is 25.0 Å². The van der Waals surface area contributed by atoms with Gasteiger partial charge in [-0.1, -0.05) is 78.9 Å². The topological polar surface area (TPSA) is 77.8 Å². The molecule has 4 heteroatoms. The maximum Gasteiger partial charge on any atom is 0.305 e. The van der Waals surface area contributed by atoms with E-state index in [0.717, 1.165) is 16.7 Å². The van der Waals surface area contributed by atoms with Crippen LogP contribution < -0.4 is 0 Å². The van der Waals surface area contributed by atoms with Crippen molar-refractivity contribution in [1.82, 2.24) is 0 Å². The van der Waals surface area contributed by atoms with E-state index in [1.807, 2.05) is 66.7 Å². The number of hydrogen-bond donors (Lipinski definition) is 3. The molecule has 4 nitrogen and oxygen atoms in total. The van der Waals surface area contributed by atoms with Gasteiger partial charge in [0.2, 0.25) is 0 Å². The van der Waals surface area contributed by atoms with Gasteiger partial charge in [-0.2, -0.15) is 0 Å². The zero-order valence-corrected chi connectivity index (χ0v) is 13.8. The lowest BCUT2D eigenvalue weighted by molar-refractivity contribution is -0.139. The van der Waals surface area contributed by atoms with E-state index in [0.29, 0.717) is 0 Å². The zero-order valence-electron chi connectivity index (χ0n) is 13.8. The van der Waals surface area contributed by atoms with E-state index in [4.69, 9.17) is 5.11 Å². The number of benzene rings is 2. The van der Waals surface area contributed by atoms with Crippen LogP contribution in [-0.2, 0) is 4.79 Å². The first-order chi connectivity index (χ1) is 12.1. The molecule has 0 radical (unpaired) electrons. The number of carboxylic acid groups (broad SMARTS) is 1. The van der Waals surface area contributed by atoms with Gasteiger partial charge in [0.15, 0.2) is 0 Å². The Bertz CT molecular complexity index is 679. The normalized spacial score (nSPS) is 13.4. The molecule has 25 heavy (non-hydrogen) atoms. The molecule has 0 heterocycles. The first-order valence-electron chi connectivity index (χ1n) is 8.13. The number of carbonyl (C=O) groups is 1. The maximum absolute atomic E-state index is 10.5. The van der Waals surface area contributed by atoms with Crippen molar-refractivity contribution in [2.24, 2.45) is 0 Å². The van der Waals surface area contributed by atoms with Gasteiger partial charge in [0.1, 0.15) is 0 Å². The van der Waals surface area contributed by atoms with Crippen LogP contribution in [0.1, 0.15) is 24.0 Å². The minimum Gasteiger partial charge on any atom is -0.481 e. The van der Waals surface area contributed by atoms with Gasteiger partial charge in [0, 0.05) is 6.42 Å². The van der Waals surface area contributed by atoms with Crippen LogP contribution in [0.2, 0.25) is 0 Å². The third kappa shape index (κ3) is 6.37. The van der Waals surface area contributed by atoms with Gasteiger partial charge >= 0.3 is 5.97 Å². The summed E-state index contributed by atoms with van der Waals surface area (Å²) in [6.07, 6.45) is 2.83. The predicted octanol–water partition coefficient (Wildman–Crippen LogP) is 3.26. The molecule has 0 aliphatic carbocycles. The van der Waals surface area contributed by atoms with Gasteiger partial charge in [0.25, 0.3) is 0 Å². The Morgan fingerprint density at radius 2 is 1.44 bits per heavy atom. The van der Waals surface area contributed by atoms with Gasteiger partial charge < -0.3 is 15.3 Å². The van der Waals surface area contributed by atoms with Crippen LogP contribution in [0.15, 0.2) is 78.9 Å². The number of carboxylic acids is 1. The largest absolute Gasteiger partial charge is 0.481 e. The highest BCUT2D eigenvalue weighted by atomic mass is 16.4. The van der Waals surface area contributed by atoms with Gasteiger partial charge in [0.05, 0.1) is 18.6 Å². The molecular formula is C21H22O4. The molecule has 2 aromatic carbocycles. The SMILES string of the molecule is O=C(O)C[C@H](O)C[C@H](O)C=CC=C(c1ccccc1)c1ccccc1. The summed E-state index contributed by atoms with van der Waals surface area (Å²) >= 11 is 0. The quantitative estimate of drug-likeness (QED) is 0.646. The van der Waals surface area contributed by atoms with Gasteiger partial charge in [-0.3, -0.25) is 4.79 Å². The highest BCUT2D eigenvalue weighted by molar-refractivity contribution is 5.80. The number of aliphatic carboxylic acids is 1. The van der Waals surface area contributed by atoms with E-state index >= 15 is 0 Å². The minimum absolute atomic E-state index is 0.0113. The molecule has 130 valence electrons. The summed E-state index contributed by atoms with van der Waals surface area (Å²) in [6, 6.07) is 19.8. The molecule has 0 aliphatic heterocycles. The van der Waals surface area contributed by atoms with Crippen molar-refractivity contribution in [3.8, 4) is 0 Å². The number of aliphatic hydroxyl groups excluding tert-OH is 2. The summed E-state index contributed by atoms with van der Waals surface area (Å²) in [6.45, 7) is 0. The van der Waals surface area contributed by atoms with Crippen LogP contribution >= 0.6 is 0 Å². The van der Waals surface area contributed by atoms with Crippen LogP contribution in [0.4, 0.5) is 0 Å². The van der Waals surface area contributed by atoms with E-state index < -0.39 is 18.2 Å². The lowest BCUT2D eigenvalue weighted by atomic mass is 9.97. The van der Waals surface area contributed by atoms with Crippen LogP contribution in [-0.4, -0.2) is 33.5 Å². The molecule has 0 spiro atoms. The zero-order chi connectivity index (χ0) is 18.1. The third-order valence-electron chi connectivity index (χ3n) is 3.69. The molecule has 0 fully saturated rings. The van der Waals surface area contributed by atoms with Gasteiger partial charge in [-0.05, 0) is 16.7 Å². The Balaban J connectivity index is 2.14. The highest BCUT2D eigenvalue weighted by Crippen LogP contribution is 2.23. The predicted molar refractivity (Wildman–Crippen MR) is 98.0 cm³/mol. The van der Waals surface area contributed by atoms with Crippen molar-refractivity contribution < 1.29 is 20.1 Å². The fraction of sp³-hybridized carbons (Fsp3) is 0.190. The molecule has 0 saturated carbocycles. The molecule has 3 N–H and O–H groups in total. The average Bonchev–Trinajstić information content (AvgIpc) is 2.59. The van der Waals surface area contributed by atoms with Gasteiger partial charge in [-0.15, -0.1) is 0 Å². The summed E-state index contributed by atoms with van der Waals surface area (Å²) in [4.78, 5) is 10.5. The second-order valence-corrected chi connectivity index (χ2v) is 5.75. The van der Waals surface area contributed by atoms with Gasteiger partial charge in [-0.25, -0.2) is 0 Å². The molecule has 0 unspecified atom stereocenters. The number of hydrogen-bond acceptors (Lipinski definition) is 3. The molecule has 2 rings (SSSR count). The van der Waals surface area contributed by atoms with Crippen LogP contribution in [0.25, 0.3) is 5.57 Å². The van der Waals surface area contributed by atoms with E-state index in [1.54, 1.807) is 12.2 Å². The van der Waals surface area contributed by atoms with E-state index in [9.17, 15) is 15.0 Å². The maximum atomic E-state index is 10.5. The Morgan fingerprint density at radius 1 is 0.920 bits per heavy atom. The van der Waals surface area contributed by atoms with E-state index in [2.05, 4.69) is 0 Å². The highest BCUT2D eigenvalue weighted by Gasteiger charge is 2.13. The lowest BCUT2D eigenvalue weighted by Crippen LogP contribution is -2.19. The summed E-state index contributed by atoms with van der Waals surface area (Å²) in [5.74, 6) is -1.08. The summed E-state index contributed by atoms with van der Waals surface area (Å²) in [7, 11) is 0. The third-order valence-corrected chi connectivity index (χ3v) is 3.69. The molecule has 0 aromatic heterocycles.